The van der Waals surface area contributed by atoms with Crippen molar-refractivity contribution >= 4 is 0 Å². The van der Waals surface area contributed by atoms with Crippen molar-refractivity contribution in [2.75, 3.05) is 26.2 Å². The molecule has 0 bridgehead atoms. The number of hydrogen-bond donors (Lipinski definition) is 0. The van der Waals surface area contributed by atoms with E-state index in [-0.39, 0.29) is 0 Å². The molecule has 0 amide bonds. The minimum atomic E-state index is 0.381. The first-order chi connectivity index (χ1) is 15.1. The van der Waals surface area contributed by atoms with E-state index in [4.69, 9.17) is 0 Å². The van der Waals surface area contributed by atoms with Gasteiger partial charge in [-0.3, -0.25) is 9.80 Å². The Balaban J connectivity index is 1.44. The summed E-state index contributed by atoms with van der Waals surface area (Å²) in [6, 6.07) is 0. The Morgan fingerprint density at radius 2 is 1.19 bits per heavy atom. The Morgan fingerprint density at radius 1 is 0.548 bits per heavy atom. The van der Waals surface area contributed by atoms with E-state index in [9.17, 15) is 0 Å². The third-order valence-electron chi connectivity index (χ3n) is 12.4. The van der Waals surface area contributed by atoms with Crippen LogP contribution in [0.5, 0.6) is 0 Å². The Labute approximate surface area is 192 Å². The predicted octanol–water partition coefficient (Wildman–Crippen LogP) is 7.09. The van der Waals surface area contributed by atoms with Crippen LogP contribution in [0.1, 0.15) is 117 Å². The van der Waals surface area contributed by atoms with E-state index in [0.29, 0.717) is 16.5 Å². The zero-order chi connectivity index (χ0) is 21.1. The van der Waals surface area contributed by atoms with E-state index in [1.807, 2.05) is 0 Å². The third kappa shape index (κ3) is 3.02. The van der Waals surface area contributed by atoms with Crippen LogP contribution in [0, 0.1) is 34.5 Å². The van der Waals surface area contributed by atoms with E-state index >= 15 is 0 Å². The Morgan fingerprint density at radius 3 is 1.87 bits per heavy atom. The van der Waals surface area contributed by atoms with Crippen molar-refractivity contribution in [3.63, 3.8) is 0 Å². The average molecular weight is 427 g/mol. The highest BCUT2D eigenvalue weighted by Crippen LogP contribution is 2.69. The highest BCUT2D eigenvalue weighted by molar-refractivity contribution is 5.17. The molecule has 31 heavy (non-hydrogen) atoms. The van der Waals surface area contributed by atoms with Crippen LogP contribution in [0.4, 0.5) is 0 Å². The second-order valence-electron chi connectivity index (χ2n) is 13.3. The summed E-state index contributed by atoms with van der Waals surface area (Å²) in [5.41, 5.74) is 1.59. The molecular formula is C29H50N2. The van der Waals surface area contributed by atoms with Crippen molar-refractivity contribution in [2.24, 2.45) is 34.5 Å². The van der Waals surface area contributed by atoms with Gasteiger partial charge in [-0.1, -0.05) is 33.1 Å². The van der Waals surface area contributed by atoms with Crippen molar-refractivity contribution in [2.45, 2.75) is 122 Å². The highest BCUT2D eigenvalue weighted by atomic mass is 15.4. The monoisotopic (exact) mass is 426 g/mol. The summed E-state index contributed by atoms with van der Waals surface area (Å²) >= 11 is 0. The Bertz CT molecular complexity index is 629. The number of hydrogen-bond acceptors (Lipinski definition) is 2. The average Bonchev–Trinajstić information content (AvgIpc) is 3.21. The lowest BCUT2D eigenvalue weighted by Gasteiger charge is -2.72. The van der Waals surface area contributed by atoms with Gasteiger partial charge >= 0.3 is 0 Å². The summed E-state index contributed by atoms with van der Waals surface area (Å²) in [4.78, 5) is 6.25. The quantitative estimate of drug-likeness (QED) is 0.465. The summed E-state index contributed by atoms with van der Waals surface area (Å²) in [7, 11) is 0. The maximum atomic E-state index is 3.12. The summed E-state index contributed by atoms with van der Waals surface area (Å²) in [5.74, 6) is 4.06. The van der Waals surface area contributed by atoms with Gasteiger partial charge in [-0.15, -0.1) is 0 Å². The van der Waals surface area contributed by atoms with Gasteiger partial charge in [-0.2, -0.15) is 0 Å². The molecule has 0 spiro atoms. The molecule has 0 aromatic carbocycles. The van der Waals surface area contributed by atoms with Gasteiger partial charge in [-0.05, 0) is 139 Å². The first-order valence-corrected chi connectivity index (χ1v) is 14.6. The van der Waals surface area contributed by atoms with E-state index in [2.05, 4.69) is 23.6 Å². The first kappa shape index (κ1) is 21.5. The smallest absolute Gasteiger partial charge is 0.0798 e. The van der Waals surface area contributed by atoms with Crippen LogP contribution in [0.25, 0.3) is 0 Å². The lowest BCUT2D eigenvalue weighted by molar-refractivity contribution is -0.250. The number of fused-ring (bicyclic) bond motifs is 5. The molecule has 0 aromatic heterocycles. The van der Waals surface area contributed by atoms with Crippen LogP contribution in [0.3, 0.4) is 0 Å². The SMILES string of the molecule is C[C@@]12CCC[C@H]1[C@@H]1CC[C@H]3CCCC(N4CCCCC4)(N4CCCCC4)[C@]3(C)[C@H]1CC2. The molecule has 6 fully saturated rings. The van der Waals surface area contributed by atoms with Crippen LogP contribution in [-0.2, 0) is 0 Å². The van der Waals surface area contributed by atoms with Gasteiger partial charge in [0.1, 0.15) is 0 Å². The summed E-state index contributed by atoms with van der Waals surface area (Å²) in [5, 5.41) is 0. The second-order valence-corrected chi connectivity index (χ2v) is 13.3. The fourth-order valence-electron chi connectivity index (χ4n) is 11.1. The molecule has 0 N–H and O–H groups in total. The maximum absolute atomic E-state index is 3.12. The van der Waals surface area contributed by atoms with Gasteiger partial charge < -0.3 is 0 Å². The standard InChI is InChI=1S/C29H50N2/c1-27-16-10-12-25(27)24-14-13-23-11-9-17-29(30-19-5-3-6-20-30,31-21-7-4-8-22-31)28(23,2)26(24)15-18-27/h23-26H,3-22H2,1-2H3/t23-,24+,25+,26+,27+,28+/m1/s1. The van der Waals surface area contributed by atoms with Crippen molar-refractivity contribution in [3.05, 3.63) is 0 Å². The highest BCUT2D eigenvalue weighted by Gasteiger charge is 2.67. The summed E-state index contributed by atoms with van der Waals surface area (Å²) in [6.07, 6.45) is 24.1. The minimum absolute atomic E-state index is 0.381. The predicted molar refractivity (Wildman–Crippen MR) is 130 cm³/mol. The number of rotatable bonds is 2. The number of likely N-dealkylation sites (tertiary alicyclic amines) is 2. The first-order valence-electron chi connectivity index (χ1n) is 14.6. The van der Waals surface area contributed by atoms with Gasteiger partial charge in [0, 0.05) is 5.41 Å². The molecule has 0 radical (unpaired) electrons. The van der Waals surface area contributed by atoms with Crippen LogP contribution in [-0.4, -0.2) is 41.6 Å². The zero-order valence-electron chi connectivity index (χ0n) is 20.8. The van der Waals surface area contributed by atoms with E-state index in [1.54, 1.807) is 25.7 Å². The van der Waals surface area contributed by atoms with Crippen LogP contribution in [0.15, 0.2) is 0 Å². The molecule has 4 aliphatic carbocycles. The molecule has 2 nitrogen and oxygen atoms in total. The van der Waals surface area contributed by atoms with Crippen molar-refractivity contribution < 1.29 is 0 Å². The van der Waals surface area contributed by atoms with Crippen LogP contribution in [0.2, 0.25) is 0 Å². The molecule has 2 aliphatic heterocycles. The molecule has 2 heterocycles. The lowest BCUT2D eigenvalue weighted by atomic mass is 9.42. The summed E-state index contributed by atoms with van der Waals surface area (Å²) in [6.45, 7) is 11.1. The second kappa shape index (κ2) is 8.00. The molecule has 2 heteroatoms. The largest absolute Gasteiger partial charge is 0.285 e. The van der Waals surface area contributed by atoms with E-state index in [0.717, 1.165) is 23.7 Å². The molecule has 6 rings (SSSR count). The topological polar surface area (TPSA) is 6.48 Å². The molecule has 4 saturated carbocycles. The maximum Gasteiger partial charge on any atom is 0.0798 e. The Kier molecular flexibility index (Phi) is 5.54. The molecular weight excluding hydrogens is 376 g/mol. The molecule has 6 atom stereocenters. The van der Waals surface area contributed by atoms with E-state index in [1.165, 1.54) is 103 Å². The normalized spacial score (nSPS) is 48.6. The van der Waals surface area contributed by atoms with Crippen LogP contribution >= 0.6 is 0 Å². The van der Waals surface area contributed by atoms with Crippen LogP contribution < -0.4 is 0 Å². The van der Waals surface area contributed by atoms with Gasteiger partial charge in [-0.25, -0.2) is 0 Å². The number of nitrogens with zero attached hydrogens (tertiary/aromatic N) is 2. The third-order valence-corrected chi connectivity index (χ3v) is 12.4. The van der Waals surface area contributed by atoms with Crippen molar-refractivity contribution in [3.8, 4) is 0 Å². The molecule has 6 aliphatic rings. The fourth-order valence-corrected chi connectivity index (χ4v) is 11.1. The van der Waals surface area contributed by atoms with Gasteiger partial charge in [0.2, 0.25) is 0 Å². The fraction of sp³-hybridized carbons (Fsp3) is 1.00. The number of piperidine rings is 2. The molecule has 0 unspecified atom stereocenters. The van der Waals surface area contributed by atoms with Crippen molar-refractivity contribution in [1.29, 1.82) is 0 Å². The minimum Gasteiger partial charge on any atom is -0.285 e. The lowest BCUT2D eigenvalue weighted by Crippen LogP contribution is -2.76. The van der Waals surface area contributed by atoms with Gasteiger partial charge in [0.15, 0.2) is 0 Å². The molecule has 2 saturated heterocycles. The van der Waals surface area contributed by atoms with Gasteiger partial charge in [0.05, 0.1) is 5.66 Å². The zero-order valence-corrected chi connectivity index (χ0v) is 20.8. The Hall–Kier alpha value is -0.0800. The van der Waals surface area contributed by atoms with Crippen molar-refractivity contribution in [1.82, 2.24) is 9.80 Å². The molecule has 176 valence electrons. The van der Waals surface area contributed by atoms with E-state index < -0.39 is 0 Å². The molecule has 0 aromatic rings. The van der Waals surface area contributed by atoms with Gasteiger partial charge in [0.25, 0.3) is 0 Å². The summed E-state index contributed by atoms with van der Waals surface area (Å²) < 4.78 is 0.